The first-order valence-electron chi connectivity index (χ1n) is 5.32. The van der Waals surface area contributed by atoms with Gasteiger partial charge in [0.1, 0.15) is 5.60 Å². The highest BCUT2D eigenvalue weighted by Crippen LogP contribution is 2.19. The van der Waals surface area contributed by atoms with Gasteiger partial charge in [0.25, 0.3) is 0 Å². The molecule has 0 aromatic rings. The fourth-order valence-electron chi connectivity index (χ4n) is 1.58. The third kappa shape index (κ3) is 3.27. The standard InChI is InChI=1S/C12H17NO3/c1-5-10(14)9-6-7-13(8-9)11(15)16-12(2,3)4/h1,9H,6-8H2,2-4H3. The van der Waals surface area contributed by atoms with Gasteiger partial charge in [-0.25, -0.2) is 4.79 Å². The van der Waals surface area contributed by atoms with Gasteiger partial charge in [0, 0.05) is 19.0 Å². The second-order valence-corrected chi connectivity index (χ2v) is 4.92. The molecule has 16 heavy (non-hydrogen) atoms. The second-order valence-electron chi connectivity index (χ2n) is 4.92. The molecular formula is C12H17NO3. The Hall–Kier alpha value is -1.50. The Kier molecular flexibility index (Phi) is 3.58. The molecule has 4 nitrogen and oxygen atoms in total. The molecule has 0 spiro atoms. The smallest absolute Gasteiger partial charge is 0.410 e. The van der Waals surface area contributed by atoms with Crippen LogP contribution in [-0.4, -0.2) is 35.5 Å². The van der Waals surface area contributed by atoms with Crippen LogP contribution in [0.1, 0.15) is 27.2 Å². The van der Waals surface area contributed by atoms with Crippen LogP contribution in [0.4, 0.5) is 4.79 Å². The minimum Gasteiger partial charge on any atom is -0.444 e. The molecule has 1 saturated heterocycles. The number of terminal acetylenes is 1. The number of ether oxygens (including phenoxy) is 1. The summed E-state index contributed by atoms with van der Waals surface area (Å²) in [4.78, 5) is 24.4. The summed E-state index contributed by atoms with van der Waals surface area (Å²) in [6.45, 7) is 6.34. The number of likely N-dealkylation sites (tertiary alicyclic amines) is 1. The number of Topliss-reactive ketones (excluding diaryl/α,β-unsaturated/α-hetero) is 1. The summed E-state index contributed by atoms with van der Waals surface area (Å²) in [7, 11) is 0. The summed E-state index contributed by atoms with van der Waals surface area (Å²) in [6, 6.07) is 0. The van der Waals surface area contributed by atoms with Crippen LogP contribution in [0.25, 0.3) is 0 Å². The Morgan fingerprint density at radius 1 is 1.44 bits per heavy atom. The van der Waals surface area contributed by atoms with Gasteiger partial charge >= 0.3 is 6.09 Å². The molecule has 0 aromatic carbocycles. The average Bonchev–Trinajstić information content (AvgIpc) is 2.62. The van der Waals surface area contributed by atoms with Gasteiger partial charge in [-0.1, -0.05) is 0 Å². The quantitative estimate of drug-likeness (QED) is 0.499. The Balaban J connectivity index is 2.51. The first kappa shape index (κ1) is 12.6. The fraction of sp³-hybridized carbons (Fsp3) is 0.667. The van der Waals surface area contributed by atoms with E-state index in [1.165, 1.54) is 4.90 Å². The normalized spacial score (nSPS) is 20.4. The molecule has 0 saturated carbocycles. The molecule has 0 bridgehead atoms. The minimum absolute atomic E-state index is 0.225. The van der Waals surface area contributed by atoms with Crippen LogP contribution in [0.5, 0.6) is 0 Å². The molecule has 1 amide bonds. The summed E-state index contributed by atoms with van der Waals surface area (Å²) in [5, 5.41) is 0. The van der Waals surface area contributed by atoms with E-state index in [1.807, 2.05) is 20.8 Å². The minimum atomic E-state index is -0.509. The van der Waals surface area contributed by atoms with Gasteiger partial charge in [-0.2, -0.15) is 0 Å². The summed E-state index contributed by atoms with van der Waals surface area (Å²) in [5.74, 6) is 1.64. The van der Waals surface area contributed by atoms with Crippen LogP contribution in [0, 0.1) is 18.3 Å². The van der Waals surface area contributed by atoms with Crippen molar-refractivity contribution in [2.75, 3.05) is 13.1 Å². The maximum absolute atomic E-state index is 11.7. The van der Waals surface area contributed by atoms with Gasteiger partial charge in [0.15, 0.2) is 0 Å². The molecule has 0 aromatic heterocycles. The van der Waals surface area contributed by atoms with E-state index in [0.29, 0.717) is 19.5 Å². The Morgan fingerprint density at radius 3 is 2.56 bits per heavy atom. The first-order valence-corrected chi connectivity index (χ1v) is 5.32. The Bertz CT molecular complexity index is 335. The lowest BCUT2D eigenvalue weighted by Crippen LogP contribution is -2.35. The monoisotopic (exact) mass is 223 g/mol. The third-order valence-corrected chi connectivity index (χ3v) is 2.35. The van der Waals surface area contributed by atoms with Crippen LogP contribution in [-0.2, 0) is 9.53 Å². The summed E-state index contributed by atoms with van der Waals surface area (Å²) < 4.78 is 5.21. The molecule has 1 atom stereocenters. The lowest BCUT2D eigenvalue weighted by atomic mass is 10.0. The van der Waals surface area contributed by atoms with Crippen molar-refractivity contribution in [1.29, 1.82) is 0 Å². The van der Waals surface area contributed by atoms with Crippen molar-refractivity contribution in [3.63, 3.8) is 0 Å². The maximum atomic E-state index is 11.7. The number of hydrogen-bond acceptors (Lipinski definition) is 3. The summed E-state index contributed by atoms with van der Waals surface area (Å²) >= 11 is 0. The molecule has 1 rings (SSSR count). The topological polar surface area (TPSA) is 46.6 Å². The van der Waals surface area contributed by atoms with Gasteiger partial charge in [-0.15, -0.1) is 6.42 Å². The van der Waals surface area contributed by atoms with Crippen molar-refractivity contribution in [1.82, 2.24) is 4.90 Å². The number of hydrogen-bond donors (Lipinski definition) is 0. The van der Waals surface area contributed by atoms with E-state index in [4.69, 9.17) is 11.2 Å². The lowest BCUT2D eigenvalue weighted by molar-refractivity contribution is -0.116. The molecule has 0 N–H and O–H groups in total. The zero-order chi connectivity index (χ0) is 12.3. The van der Waals surface area contributed by atoms with Crippen LogP contribution < -0.4 is 0 Å². The van der Waals surface area contributed by atoms with Gasteiger partial charge < -0.3 is 9.64 Å². The highest BCUT2D eigenvalue weighted by atomic mass is 16.6. The largest absolute Gasteiger partial charge is 0.444 e. The van der Waals surface area contributed by atoms with E-state index in [9.17, 15) is 9.59 Å². The average molecular weight is 223 g/mol. The van der Waals surface area contributed by atoms with E-state index >= 15 is 0 Å². The van der Waals surface area contributed by atoms with E-state index in [0.717, 1.165) is 0 Å². The Labute approximate surface area is 95.9 Å². The number of carbonyl (C=O) groups excluding carboxylic acids is 2. The third-order valence-electron chi connectivity index (χ3n) is 2.35. The first-order chi connectivity index (χ1) is 7.33. The van der Waals surface area contributed by atoms with Gasteiger partial charge in [0.05, 0.1) is 0 Å². The van der Waals surface area contributed by atoms with E-state index in [2.05, 4.69) is 5.92 Å². The van der Waals surface area contributed by atoms with Gasteiger partial charge in [-0.05, 0) is 33.1 Å². The molecule has 0 aliphatic carbocycles. The molecule has 1 heterocycles. The van der Waals surface area contributed by atoms with Gasteiger partial charge in [-0.3, -0.25) is 4.79 Å². The molecule has 1 unspecified atom stereocenters. The number of ketones is 1. The van der Waals surface area contributed by atoms with E-state index < -0.39 is 5.60 Å². The van der Waals surface area contributed by atoms with Crippen LogP contribution in [0.2, 0.25) is 0 Å². The summed E-state index contributed by atoms with van der Waals surface area (Å²) in [6.07, 6.45) is 5.29. The number of amides is 1. The molecule has 88 valence electrons. The molecule has 4 heteroatoms. The van der Waals surface area contributed by atoms with Crippen LogP contribution in [0.3, 0.4) is 0 Å². The lowest BCUT2D eigenvalue weighted by Gasteiger charge is -2.24. The fourth-order valence-corrected chi connectivity index (χ4v) is 1.58. The molecular weight excluding hydrogens is 206 g/mol. The zero-order valence-electron chi connectivity index (χ0n) is 9.95. The predicted octanol–water partition coefficient (Wildman–Crippen LogP) is 1.45. The Morgan fingerprint density at radius 2 is 2.06 bits per heavy atom. The van der Waals surface area contributed by atoms with Crippen molar-refractivity contribution in [3.8, 4) is 12.3 Å². The summed E-state index contributed by atoms with van der Waals surface area (Å²) in [5.41, 5.74) is -0.509. The van der Waals surface area contributed by atoms with E-state index in [1.54, 1.807) is 0 Å². The van der Waals surface area contributed by atoms with Crippen molar-refractivity contribution >= 4 is 11.9 Å². The van der Waals surface area contributed by atoms with Crippen LogP contribution in [0.15, 0.2) is 0 Å². The number of carbonyl (C=O) groups is 2. The predicted molar refractivity (Wildman–Crippen MR) is 59.8 cm³/mol. The van der Waals surface area contributed by atoms with Crippen molar-refractivity contribution in [2.45, 2.75) is 32.8 Å². The second kappa shape index (κ2) is 4.56. The van der Waals surface area contributed by atoms with Crippen LogP contribution >= 0.6 is 0 Å². The molecule has 1 aliphatic rings. The number of nitrogens with zero attached hydrogens (tertiary/aromatic N) is 1. The SMILES string of the molecule is C#CC(=O)C1CCN(C(=O)OC(C)(C)C)C1. The zero-order valence-corrected chi connectivity index (χ0v) is 9.95. The maximum Gasteiger partial charge on any atom is 0.410 e. The molecule has 0 radical (unpaired) electrons. The van der Waals surface area contributed by atoms with Crippen molar-refractivity contribution < 1.29 is 14.3 Å². The van der Waals surface area contributed by atoms with Gasteiger partial charge in [0.2, 0.25) is 5.78 Å². The molecule has 1 fully saturated rings. The molecule has 1 aliphatic heterocycles. The highest BCUT2D eigenvalue weighted by Gasteiger charge is 2.32. The van der Waals surface area contributed by atoms with Crippen molar-refractivity contribution in [3.05, 3.63) is 0 Å². The highest BCUT2D eigenvalue weighted by molar-refractivity contribution is 5.97. The van der Waals surface area contributed by atoms with Crippen molar-refractivity contribution in [2.24, 2.45) is 5.92 Å². The number of rotatable bonds is 1. The van der Waals surface area contributed by atoms with E-state index in [-0.39, 0.29) is 17.8 Å².